The first-order chi connectivity index (χ1) is 18.3. The molecule has 0 amide bonds. The van der Waals surface area contributed by atoms with Crippen LogP contribution in [0.5, 0.6) is 5.75 Å². The Morgan fingerprint density at radius 1 is 1.05 bits per heavy atom. The largest absolute Gasteiger partial charge is 0.497 e. The van der Waals surface area contributed by atoms with Crippen molar-refractivity contribution in [2.45, 2.75) is 19.6 Å². The van der Waals surface area contributed by atoms with E-state index in [0.717, 1.165) is 5.56 Å². The Hall–Kier alpha value is -4.87. The Morgan fingerprint density at radius 3 is 2.58 bits per heavy atom. The summed E-state index contributed by atoms with van der Waals surface area (Å²) in [5.41, 5.74) is 1.47. The molecule has 0 atom stereocenters. The zero-order valence-electron chi connectivity index (χ0n) is 20.2. The summed E-state index contributed by atoms with van der Waals surface area (Å²) in [5.74, 6) is 0.795. The number of nitrogens with one attached hydrogen (secondary N) is 1. The topological polar surface area (TPSA) is 103 Å². The molecule has 0 spiro atoms. The molecule has 0 saturated carbocycles. The van der Waals surface area contributed by atoms with Crippen molar-refractivity contribution in [2.24, 2.45) is 0 Å². The number of ether oxygens (including phenoxy) is 1. The molecule has 0 fully saturated rings. The van der Waals surface area contributed by atoms with Gasteiger partial charge in [0.1, 0.15) is 23.0 Å². The number of fused-ring (bicyclic) bond motifs is 5. The molecule has 0 bridgehead atoms. The molecule has 5 aromatic rings. The molecule has 6 rings (SSSR count). The van der Waals surface area contributed by atoms with Crippen LogP contribution in [-0.4, -0.2) is 41.8 Å². The normalized spacial score (nSPS) is 12.2. The van der Waals surface area contributed by atoms with E-state index < -0.39 is 11.9 Å². The highest BCUT2D eigenvalue weighted by Gasteiger charge is 2.41. The Bertz CT molecular complexity index is 1670. The maximum atomic E-state index is 14.3. The van der Waals surface area contributed by atoms with Crippen LogP contribution in [-0.2, 0) is 12.7 Å². The number of anilines is 2. The third-order valence-corrected chi connectivity index (χ3v) is 6.44. The lowest BCUT2D eigenvalue weighted by molar-refractivity contribution is -0.141. The van der Waals surface area contributed by atoms with Crippen molar-refractivity contribution in [1.29, 1.82) is 0 Å². The quantitative estimate of drug-likeness (QED) is 0.295. The monoisotopic (exact) mass is 519 g/mol. The first kappa shape index (κ1) is 23.5. The summed E-state index contributed by atoms with van der Waals surface area (Å²) < 4.78 is 49.9. The van der Waals surface area contributed by atoms with Gasteiger partial charge >= 0.3 is 6.18 Å². The third kappa shape index (κ3) is 3.72. The highest BCUT2D eigenvalue weighted by molar-refractivity contribution is 5.95. The van der Waals surface area contributed by atoms with E-state index in [9.17, 15) is 18.4 Å². The van der Waals surface area contributed by atoms with E-state index in [4.69, 9.17) is 4.74 Å². The Labute approximate surface area is 214 Å². The lowest BCUT2D eigenvalue weighted by Gasteiger charge is -2.10. The number of halogens is 3. The number of hydrogen-bond acceptors (Lipinski definition) is 7. The second kappa shape index (κ2) is 8.61. The van der Waals surface area contributed by atoms with Crippen LogP contribution in [0.15, 0.2) is 61.1 Å². The maximum Gasteiger partial charge on any atom is 0.435 e. The van der Waals surface area contributed by atoms with Crippen molar-refractivity contribution in [1.82, 2.24) is 29.5 Å². The van der Waals surface area contributed by atoms with Gasteiger partial charge in [-0.05, 0) is 42.8 Å². The van der Waals surface area contributed by atoms with Crippen LogP contribution in [0.25, 0.3) is 33.9 Å². The van der Waals surface area contributed by atoms with Crippen LogP contribution in [0, 0.1) is 6.92 Å². The molecule has 9 nitrogen and oxygen atoms in total. The standard InChI is InChI=1S/C26H20F3N7O2/c1-14-20(23(26(27,28)29)34-35(14)13-15-5-7-16(38-2)8-6-15)25-33-21-17-4-3-10-31-24(17)32-19-9-11-30-12-18(19)22(21)36(25)37/h3-12,37H,13H2,1-2H3,(H,31,32). The molecule has 12 heteroatoms. The highest BCUT2D eigenvalue weighted by Crippen LogP contribution is 2.46. The van der Waals surface area contributed by atoms with E-state index in [1.807, 2.05) is 0 Å². The molecule has 0 radical (unpaired) electrons. The van der Waals surface area contributed by atoms with Crippen LogP contribution in [0.3, 0.4) is 0 Å². The summed E-state index contributed by atoms with van der Waals surface area (Å²) in [4.78, 5) is 13.0. The van der Waals surface area contributed by atoms with E-state index in [-0.39, 0.29) is 35.0 Å². The zero-order chi connectivity index (χ0) is 26.6. The predicted octanol–water partition coefficient (Wildman–Crippen LogP) is 5.55. The minimum Gasteiger partial charge on any atom is -0.497 e. The lowest BCUT2D eigenvalue weighted by Crippen LogP contribution is -2.10. The van der Waals surface area contributed by atoms with E-state index >= 15 is 0 Å². The van der Waals surface area contributed by atoms with Gasteiger partial charge < -0.3 is 15.3 Å². The first-order valence-electron chi connectivity index (χ1n) is 11.5. The fourth-order valence-electron chi connectivity index (χ4n) is 4.59. The van der Waals surface area contributed by atoms with Gasteiger partial charge in [0.05, 0.1) is 24.9 Å². The van der Waals surface area contributed by atoms with Gasteiger partial charge in [0.2, 0.25) is 0 Å². The minimum absolute atomic E-state index is 0.0776. The van der Waals surface area contributed by atoms with Gasteiger partial charge in [-0.15, -0.1) is 0 Å². The smallest absolute Gasteiger partial charge is 0.435 e. The molecule has 192 valence electrons. The number of hydrogen-bond donors (Lipinski definition) is 2. The average molecular weight is 519 g/mol. The van der Waals surface area contributed by atoms with Crippen molar-refractivity contribution >= 4 is 11.5 Å². The van der Waals surface area contributed by atoms with E-state index in [2.05, 4.69) is 25.4 Å². The van der Waals surface area contributed by atoms with Gasteiger partial charge in [-0.25, -0.2) is 9.97 Å². The molecule has 38 heavy (non-hydrogen) atoms. The van der Waals surface area contributed by atoms with Crippen molar-refractivity contribution < 1.29 is 23.1 Å². The van der Waals surface area contributed by atoms with Crippen molar-refractivity contribution in [3.05, 3.63) is 78.0 Å². The number of rotatable bonds is 4. The molecule has 2 N–H and O–H groups in total. The fourth-order valence-corrected chi connectivity index (χ4v) is 4.59. The molecule has 0 unspecified atom stereocenters. The Morgan fingerprint density at radius 2 is 1.84 bits per heavy atom. The number of aromatic nitrogens is 6. The highest BCUT2D eigenvalue weighted by atomic mass is 19.4. The Kier molecular flexibility index (Phi) is 5.33. The predicted molar refractivity (Wildman–Crippen MR) is 132 cm³/mol. The second-order valence-electron chi connectivity index (χ2n) is 8.70. The van der Waals surface area contributed by atoms with Crippen LogP contribution in [0.1, 0.15) is 17.0 Å². The van der Waals surface area contributed by atoms with Gasteiger partial charge in [0.15, 0.2) is 11.5 Å². The van der Waals surface area contributed by atoms with E-state index in [1.54, 1.807) is 54.9 Å². The van der Waals surface area contributed by atoms with Crippen LogP contribution >= 0.6 is 0 Å². The number of methoxy groups -OCH3 is 1. The van der Waals surface area contributed by atoms with Crippen LogP contribution in [0.2, 0.25) is 0 Å². The summed E-state index contributed by atoms with van der Waals surface area (Å²) in [6.45, 7) is 1.60. The number of imidazole rings is 1. The molecular weight excluding hydrogens is 499 g/mol. The van der Waals surface area contributed by atoms with Gasteiger partial charge in [0.25, 0.3) is 0 Å². The number of pyridine rings is 2. The summed E-state index contributed by atoms with van der Waals surface area (Å²) in [7, 11) is 1.53. The van der Waals surface area contributed by atoms with Gasteiger partial charge in [-0.3, -0.25) is 9.67 Å². The lowest BCUT2D eigenvalue weighted by atomic mass is 10.1. The molecule has 5 heterocycles. The summed E-state index contributed by atoms with van der Waals surface area (Å²) in [6, 6.07) is 12.1. The van der Waals surface area contributed by atoms with E-state index in [1.165, 1.54) is 24.9 Å². The van der Waals surface area contributed by atoms with Crippen molar-refractivity contribution in [3.8, 4) is 39.7 Å². The molecule has 1 aromatic carbocycles. The number of nitrogens with zero attached hydrogens (tertiary/aromatic N) is 6. The average Bonchev–Trinajstić information content (AvgIpc) is 3.36. The van der Waals surface area contributed by atoms with Crippen molar-refractivity contribution in [3.63, 3.8) is 0 Å². The fraction of sp³-hybridized carbons (Fsp3) is 0.154. The van der Waals surface area contributed by atoms with E-state index in [0.29, 0.717) is 33.1 Å². The van der Waals surface area contributed by atoms with Gasteiger partial charge in [0, 0.05) is 35.4 Å². The van der Waals surface area contributed by atoms with Gasteiger partial charge in [-0.2, -0.15) is 23.0 Å². The number of benzene rings is 1. The van der Waals surface area contributed by atoms with Crippen LogP contribution in [0.4, 0.5) is 24.7 Å². The Balaban J connectivity index is 1.56. The molecule has 1 aliphatic heterocycles. The molecular formula is C26H20F3N7O2. The maximum absolute atomic E-state index is 14.3. The number of alkyl halides is 3. The summed E-state index contributed by atoms with van der Waals surface area (Å²) in [6.07, 6.45) is -0.137. The molecule has 4 aromatic heterocycles. The second-order valence-corrected chi connectivity index (χ2v) is 8.70. The first-order valence-corrected chi connectivity index (χ1v) is 11.5. The molecule has 0 aliphatic carbocycles. The van der Waals surface area contributed by atoms with Crippen LogP contribution < -0.4 is 10.1 Å². The zero-order valence-corrected chi connectivity index (χ0v) is 20.2. The van der Waals surface area contributed by atoms with Gasteiger partial charge in [-0.1, -0.05) is 12.1 Å². The third-order valence-electron chi connectivity index (χ3n) is 6.44. The molecule has 0 saturated heterocycles. The summed E-state index contributed by atoms with van der Waals surface area (Å²) >= 11 is 0. The van der Waals surface area contributed by atoms with Crippen molar-refractivity contribution in [2.75, 3.05) is 12.4 Å². The SMILES string of the molecule is COc1ccc(Cn2nc(C(F)(F)F)c(-c3nc4c(n3O)-c3cnccc3Nc3ncccc3-4)c2C)cc1. The minimum atomic E-state index is -4.80. The summed E-state index contributed by atoms with van der Waals surface area (Å²) in [5, 5.41) is 18.5. The molecule has 1 aliphatic rings.